The molecule has 4 rings (SSSR count). The molecule has 212 valence electrons. The molecular weight excluding hydrogens is 524 g/mol. The van der Waals surface area contributed by atoms with Crippen molar-refractivity contribution in [3.63, 3.8) is 0 Å². The lowest BCUT2D eigenvalue weighted by Gasteiger charge is -2.17. The highest BCUT2D eigenvalue weighted by Gasteiger charge is 2.19. The number of aliphatic hydroxyl groups is 1. The predicted molar refractivity (Wildman–Crippen MR) is 154 cm³/mol. The van der Waals surface area contributed by atoms with Crippen LogP contribution in [0.25, 0.3) is 10.8 Å². The van der Waals surface area contributed by atoms with Crippen LogP contribution in [0.2, 0.25) is 0 Å². The van der Waals surface area contributed by atoms with Crippen molar-refractivity contribution in [2.45, 2.75) is 32.5 Å². The van der Waals surface area contributed by atoms with Crippen molar-refractivity contribution in [1.29, 1.82) is 0 Å². The SMILES string of the molecule is C=CC(=O)OCCCOc1ccc2cc(C(=O)Oc3ccc(C(OO)c4ccc(CC)cc4)cc3CO)ccc2c1. The number of benzene rings is 4. The van der Waals surface area contributed by atoms with Gasteiger partial charge in [-0.1, -0.05) is 56.0 Å². The third-order valence-electron chi connectivity index (χ3n) is 6.57. The van der Waals surface area contributed by atoms with Crippen molar-refractivity contribution in [3.8, 4) is 11.5 Å². The fraction of sp³-hybridized carbons (Fsp3) is 0.212. The van der Waals surface area contributed by atoms with Crippen LogP contribution in [-0.4, -0.2) is 35.5 Å². The highest BCUT2D eigenvalue weighted by atomic mass is 17.1. The zero-order valence-electron chi connectivity index (χ0n) is 22.7. The van der Waals surface area contributed by atoms with E-state index in [0.29, 0.717) is 35.5 Å². The number of hydrogen-bond donors (Lipinski definition) is 2. The van der Waals surface area contributed by atoms with Crippen molar-refractivity contribution in [2.75, 3.05) is 13.2 Å². The topological polar surface area (TPSA) is 112 Å². The van der Waals surface area contributed by atoms with Gasteiger partial charge in [-0.25, -0.2) is 14.5 Å². The second kappa shape index (κ2) is 14.2. The fourth-order valence-electron chi connectivity index (χ4n) is 4.31. The van der Waals surface area contributed by atoms with E-state index in [4.69, 9.17) is 19.1 Å². The molecule has 2 N–H and O–H groups in total. The Bertz CT molecular complexity index is 1510. The molecule has 0 aliphatic rings. The zero-order valence-corrected chi connectivity index (χ0v) is 22.7. The smallest absolute Gasteiger partial charge is 0.343 e. The van der Waals surface area contributed by atoms with E-state index in [1.807, 2.05) is 36.4 Å². The number of carbonyl (C=O) groups is 2. The van der Waals surface area contributed by atoms with Crippen LogP contribution in [0.3, 0.4) is 0 Å². The zero-order chi connectivity index (χ0) is 29.2. The maximum Gasteiger partial charge on any atom is 0.343 e. The van der Waals surface area contributed by atoms with Crippen molar-refractivity contribution in [3.05, 3.63) is 119 Å². The van der Waals surface area contributed by atoms with Crippen LogP contribution in [0.1, 0.15) is 52.1 Å². The second-order valence-corrected chi connectivity index (χ2v) is 9.29. The van der Waals surface area contributed by atoms with Gasteiger partial charge in [-0.05, 0) is 70.3 Å². The first-order chi connectivity index (χ1) is 19.9. The molecule has 0 aliphatic heterocycles. The molecule has 1 atom stereocenters. The Balaban J connectivity index is 1.43. The van der Waals surface area contributed by atoms with Crippen LogP contribution in [0.5, 0.6) is 11.5 Å². The molecule has 0 saturated heterocycles. The second-order valence-electron chi connectivity index (χ2n) is 9.29. The first-order valence-electron chi connectivity index (χ1n) is 13.3. The van der Waals surface area contributed by atoms with E-state index >= 15 is 0 Å². The lowest BCUT2D eigenvalue weighted by molar-refractivity contribution is -0.270. The molecule has 41 heavy (non-hydrogen) atoms. The number of esters is 2. The third kappa shape index (κ3) is 7.58. The van der Waals surface area contributed by atoms with Crippen molar-refractivity contribution in [1.82, 2.24) is 0 Å². The Morgan fingerprint density at radius 2 is 1.63 bits per heavy atom. The van der Waals surface area contributed by atoms with Crippen molar-refractivity contribution in [2.24, 2.45) is 0 Å². The maximum atomic E-state index is 13.0. The van der Waals surface area contributed by atoms with Crippen LogP contribution in [0, 0.1) is 0 Å². The molecule has 8 heteroatoms. The van der Waals surface area contributed by atoms with Gasteiger partial charge in [0.05, 0.1) is 25.4 Å². The number of ether oxygens (including phenoxy) is 3. The van der Waals surface area contributed by atoms with Gasteiger partial charge >= 0.3 is 11.9 Å². The summed E-state index contributed by atoms with van der Waals surface area (Å²) in [4.78, 5) is 28.8. The molecule has 0 amide bonds. The summed E-state index contributed by atoms with van der Waals surface area (Å²) in [6, 6.07) is 23.3. The minimum atomic E-state index is -0.764. The van der Waals surface area contributed by atoms with Gasteiger partial charge in [0.25, 0.3) is 0 Å². The monoisotopic (exact) mass is 556 g/mol. The average Bonchev–Trinajstić information content (AvgIpc) is 3.01. The summed E-state index contributed by atoms with van der Waals surface area (Å²) in [5.74, 6) is -0.175. The van der Waals surface area contributed by atoms with Crippen molar-refractivity contribution >= 4 is 22.7 Å². The summed E-state index contributed by atoms with van der Waals surface area (Å²) in [7, 11) is 0. The molecule has 1 unspecified atom stereocenters. The van der Waals surface area contributed by atoms with Gasteiger partial charge in [-0.3, -0.25) is 5.26 Å². The number of aryl methyl sites for hydroxylation is 1. The van der Waals surface area contributed by atoms with E-state index in [1.54, 1.807) is 42.5 Å². The van der Waals surface area contributed by atoms with E-state index in [-0.39, 0.29) is 19.0 Å². The Hall–Kier alpha value is -4.50. The Labute approximate surface area is 238 Å². The average molecular weight is 557 g/mol. The molecule has 0 radical (unpaired) electrons. The predicted octanol–water partition coefficient (Wildman–Crippen LogP) is 6.19. The highest BCUT2D eigenvalue weighted by molar-refractivity contribution is 5.96. The first-order valence-corrected chi connectivity index (χ1v) is 13.3. The van der Waals surface area contributed by atoms with Gasteiger partial charge in [-0.15, -0.1) is 0 Å². The van der Waals surface area contributed by atoms with Crippen LogP contribution in [0.15, 0.2) is 91.5 Å². The van der Waals surface area contributed by atoms with Gasteiger partial charge in [0.15, 0.2) is 0 Å². The molecule has 0 aromatic heterocycles. The van der Waals surface area contributed by atoms with Crippen LogP contribution in [0.4, 0.5) is 0 Å². The number of fused-ring (bicyclic) bond motifs is 1. The van der Waals surface area contributed by atoms with Gasteiger partial charge in [-0.2, -0.15) is 0 Å². The minimum Gasteiger partial charge on any atom is -0.493 e. The number of hydrogen-bond acceptors (Lipinski definition) is 8. The molecule has 0 saturated carbocycles. The van der Waals surface area contributed by atoms with Crippen LogP contribution in [-0.2, 0) is 27.4 Å². The summed E-state index contributed by atoms with van der Waals surface area (Å²) in [6.07, 6.45) is 1.79. The molecule has 4 aromatic rings. The summed E-state index contributed by atoms with van der Waals surface area (Å²) in [5.41, 5.74) is 3.23. The Morgan fingerprint density at radius 1 is 0.902 bits per heavy atom. The summed E-state index contributed by atoms with van der Waals surface area (Å²) in [5, 5.41) is 21.3. The van der Waals surface area contributed by atoms with E-state index in [0.717, 1.165) is 34.4 Å². The largest absolute Gasteiger partial charge is 0.493 e. The highest BCUT2D eigenvalue weighted by Crippen LogP contribution is 2.31. The lowest BCUT2D eigenvalue weighted by Crippen LogP contribution is -2.11. The third-order valence-corrected chi connectivity index (χ3v) is 6.57. The van der Waals surface area contributed by atoms with E-state index in [9.17, 15) is 20.0 Å². The number of aliphatic hydroxyl groups excluding tert-OH is 1. The Morgan fingerprint density at radius 3 is 2.34 bits per heavy atom. The normalized spacial score (nSPS) is 11.6. The quantitative estimate of drug-likeness (QED) is 0.0501. The van der Waals surface area contributed by atoms with E-state index in [2.05, 4.69) is 13.5 Å². The van der Waals surface area contributed by atoms with Gasteiger partial charge in [0.2, 0.25) is 0 Å². The summed E-state index contributed by atoms with van der Waals surface area (Å²) in [6.45, 7) is 5.66. The number of carbonyl (C=O) groups excluding carboxylic acids is 2. The lowest BCUT2D eigenvalue weighted by atomic mass is 9.98. The van der Waals surface area contributed by atoms with Crippen LogP contribution < -0.4 is 9.47 Å². The summed E-state index contributed by atoms with van der Waals surface area (Å²) >= 11 is 0. The van der Waals surface area contributed by atoms with Crippen LogP contribution >= 0.6 is 0 Å². The van der Waals surface area contributed by atoms with Gasteiger partial charge < -0.3 is 19.3 Å². The first kappa shape index (κ1) is 29.5. The molecule has 0 bridgehead atoms. The molecule has 0 aliphatic carbocycles. The molecule has 0 heterocycles. The molecule has 0 spiro atoms. The van der Waals surface area contributed by atoms with E-state index < -0.39 is 18.0 Å². The molecule has 0 fully saturated rings. The fourth-order valence-corrected chi connectivity index (χ4v) is 4.31. The minimum absolute atomic E-state index is 0.210. The van der Waals surface area contributed by atoms with Crippen molar-refractivity contribution < 1.29 is 39.1 Å². The molecule has 4 aromatic carbocycles. The van der Waals surface area contributed by atoms with Gasteiger partial charge in [0.1, 0.15) is 17.6 Å². The Kier molecular flexibility index (Phi) is 10.2. The molecular formula is C33H32O8. The van der Waals surface area contributed by atoms with Gasteiger partial charge in [0, 0.05) is 18.1 Å². The maximum absolute atomic E-state index is 13.0. The number of rotatable bonds is 13. The summed E-state index contributed by atoms with van der Waals surface area (Å²) < 4.78 is 16.3. The standard InChI is InChI=1S/C33H32O8/c1-3-22-6-8-23(9-7-22)32(41-37)26-13-15-30(28(19-26)21-34)40-33(36)27-11-10-25-20-29(14-12-24(25)18-27)38-16-5-17-39-31(35)4-2/h4,6-15,18-20,32,34,37H,2-3,5,16-17,21H2,1H3. The molecule has 8 nitrogen and oxygen atoms in total. The van der Waals surface area contributed by atoms with E-state index in [1.165, 1.54) is 0 Å².